The molecule has 20 heavy (non-hydrogen) atoms. The molecular formula is C15H21Br2NO2. The zero-order valence-corrected chi connectivity index (χ0v) is 14.9. The summed E-state index contributed by atoms with van der Waals surface area (Å²) in [5.74, 6) is 1.50. The molecule has 1 aromatic rings. The summed E-state index contributed by atoms with van der Waals surface area (Å²) in [5.41, 5.74) is 0. The van der Waals surface area contributed by atoms with Gasteiger partial charge >= 0.3 is 0 Å². The van der Waals surface area contributed by atoms with E-state index in [0.29, 0.717) is 13.2 Å². The summed E-state index contributed by atoms with van der Waals surface area (Å²) in [6, 6.07) is 5.76. The first kappa shape index (κ1) is 16.3. The van der Waals surface area contributed by atoms with Crippen molar-refractivity contribution in [3.05, 3.63) is 27.1 Å². The van der Waals surface area contributed by atoms with Crippen LogP contribution in [0.4, 0.5) is 0 Å². The number of hydrogen-bond acceptors (Lipinski definition) is 3. The average Bonchev–Trinajstić information content (AvgIpc) is 2.37. The molecule has 1 aromatic carbocycles. The molecule has 1 aliphatic heterocycles. The molecule has 2 atom stereocenters. The molecule has 1 N–H and O–H groups in total. The lowest BCUT2D eigenvalue weighted by Gasteiger charge is -2.32. The highest BCUT2D eigenvalue weighted by molar-refractivity contribution is 9.11. The van der Waals surface area contributed by atoms with Crippen molar-refractivity contribution in [1.29, 1.82) is 0 Å². The van der Waals surface area contributed by atoms with Gasteiger partial charge in [0.25, 0.3) is 0 Å². The quantitative estimate of drug-likeness (QED) is 0.809. The molecule has 3 nitrogen and oxygen atoms in total. The number of likely N-dealkylation sites (tertiary alicyclic amines) is 1. The largest absolute Gasteiger partial charge is 0.490 e. The predicted octanol–water partition coefficient (Wildman–Crippen LogP) is 3.68. The van der Waals surface area contributed by atoms with Crippen molar-refractivity contribution in [3.63, 3.8) is 0 Å². The van der Waals surface area contributed by atoms with Gasteiger partial charge in [-0.15, -0.1) is 0 Å². The minimum atomic E-state index is -0.448. The van der Waals surface area contributed by atoms with Crippen molar-refractivity contribution in [2.24, 2.45) is 5.92 Å². The number of piperidine rings is 1. The summed E-state index contributed by atoms with van der Waals surface area (Å²) < 4.78 is 7.57. The molecule has 2 unspecified atom stereocenters. The first-order chi connectivity index (χ1) is 9.54. The normalized spacial score (nSPS) is 21.7. The summed E-state index contributed by atoms with van der Waals surface area (Å²) in [6.45, 7) is 5.46. The van der Waals surface area contributed by atoms with Crippen molar-refractivity contribution in [2.75, 3.05) is 26.2 Å². The van der Waals surface area contributed by atoms with Gasteiger partial charge in [-0.25, -0.2) is 0 Å². The van der Waals surface area contributed by atoms with Gasteiger partial charge in [-0.2, -0.15) is 0 Å². The van der Waals surface area contributed by atoms with E-state index in [1.807, 2.05) is 18.2 Å². The minimum absolute atomic E-state index is 0.325. The summed E-state index contributed by atoms with van der Waals surface area (Å²) in [5, 5.41) is 10.1. The Hall–Kier alpha value is -0.100. The molecule has 2 rings (SSSR count). The molecule has 0 aromatic heterocycles. The molecule has 5 heteroatoms. The monoisotopic (exact) mass is 405 g/mol. The Morgan fingerprint density at radius 1 is 1.45 bits per heavy atom. The predicted molar refractivity (Wildman–Crippen MR) is 88.2 cm³/mol. The number of aliphatic hydroxyl groups excluding tert-OH is 1. The van der Waals surface area contributed by atoms with Crippen LogP contribution in [0.1, 0.15) is 19.8 Å². The molecule has 0 spiro atoms. The van der Waals surface area contributed by atoms with E-state index in [2.05, 4.69) is 43.7 Å². The zero-order chi connectivity index (χ0) is 14.5. The second-order valence-corrected chi connectivity index (χ2v) is 7.32. The van der Waals surface area contributed by atoms with Gasteiger partial charge in [0.2, 0.25) is 0 Å². The first-order valence-corrected chi connectivity index (χ1v) is 8.61. The average molecular weight is 407 g/mol. The van der Waals surface area contributed by atoms with Crippen LogP contribution in [0, 0.1) is 5.92 Å². The molecular weight excluding hydrogens is 386 g/mol. The van der Waals surface area contributed by atoms with Crippen LogP contribution >= 0.6 is 31.9 Å². The van der Waals surface area contributed by atoms with Crippen LogP contribution in [0.5, 0.6) is 5.75 Å². The molecule has 0 saturated carbocycles. The highest BCUT2D eigenvalue weighted by atomic mass is 79.9. The van der Waals surface area contributed by atoms with Crippen LogP contribution in [-0.4, -0.2) is 42.4 Å². The third kappa shape index (κ3) is 5.02. The molecule has 1 fully saturated rings. The standard InChI is InChI=1S/C15H21Br2NO2/c1-11-3-2-6-18(8-11)9-13(19)10-20-15-5-4-12(16)7-14(15)17/h4-5,7,11,13,19H,2-3,6,8-10H2,1H3. The van der Waals surface area contributed by atoms with Crippen LogP contribution in [0.2, 0.25) is 0 Å². The van der Waals surface area contributed by atoms with Gasteiger partial charge in [0.1, 0.15) is 18.5 Å². The van der Waals surface area contributed by atoms with E-state index in [-0.39, 0.29) is 0 Å². The number of ether oxygens (including phenoxy) is 1. The van der Waals surface area contributed by atoms with Crippen LogP contribution < -0.4 is 4.74 Å². The fraction of sp³-hybridized carbons (Fsp3) is 0.600. The molecule has 0 aliphatic carbocycles. The smallest absolute Gasteiger partial charge is 0.133 e. The maximum Gasteiger partial charge on any atom is 0.133 e. The van der Waals surface area contributed by atoms with E-state index in [1.165, 1.54) is 12.8 Å². The molecule has 1 aliphatic rings. The lowest BCUT2D eigenvalue weighted by Crippen LogP contribution is -2.41. The Labute approximate surface area is 137 Å². The van der Waals surface area contributed by atoms with E-state index in [4.69, 9.17) is 4.74 Å². The molecule has 1 saturated heterocycles. The number of halogens is 2. The lowest BCUT2D eigenvalue weighted by molar-refractivity contribution is 0.0535. The lowest BCUT2D eigenvalue weighted by atomic mass is 10.0. The zero-order valence-electron chi connectivity index (χ0n) is 11.7. The summed E-state index contributed by atoms with van der Waals surface area (Å²) >= 11 is 6.86. The van der Waals surface area contributed by atoms with Crippen LogP contribution in [0.25, 0.3) is 0 Å². The molecule has 0 bridgehead atoms. The van der Waals surface area contributed by atoms with Gasteiger partial charge < -0.3 is 14.7 Å². The van der Waals surface area contributed by atoms with E-state index in [1.54, 1.807) is 0 Å². The van der Waals surface area contributed by atoms with Gasteiger partial charge in [-0.05, 0) is 59.4 Å². The number of rotatable bonds is 5. The maximum absolute atomic E-state index is 10.1. The highest BCUT2D eigenvalue weighted by Crippen LogP contribution is 2.28. The van der Waals surface area contributed by atoms with Crippen LogP contribution in [-0.2, 0) is 0 Å². The molecule has 1 heterocycles. The molecule has 0 amide bonds. The Kier molecular flexibility index (Phi) is 6.33. The SMILES string of the molecule is CC1CCCN(CC(O)COc2ccc(Br)cc2Br)C1. The highest BCUT2D eigenvalue weighted by Gasteiger charge is 2.19. The van der Waals surface area contributed by atoms with Gasteiger partial charge in [0.15, 0.2) is 0 Å². The van der Waals surface area contributed by atoms with E-state index >= 15 is 0 Å². The Balaban J connectivity index is 1.78. The van der Waals surface area contributed by atoms with Crippen molar-refractivity contribution < 1.29 is 9.84 Å². The van der Waals surface area contributed by atoms with Crippen LogP contribution in [0.15, 0.2) is 27.1 Å². The molecule has 0 radical (unpaired) electrons. The van der Waals surface area contributed by atoms with E-state index in [0.717, 1.165) is 33.7 Å². The summed E-state index contributed by atoms with van der Waals surface area (Å²) in [4.78, 5) is 2.33. The Morgan fingerprint density at radius 2 is 2.25 bits per heavy atom. The van der Waals surface area contributed by atoms with Gasteiger partial charge in [-0.1, -0.05) is 22.9 Å². The van der Waals surface area contributed by atoms with Gasteiger partial charge in [-0.3, -0.25) is 0 Å². The molecule has 112 valence electrons. The first-order valence-electron chi connectivity index (χ1n) is 7.03. The third-order valence-electron chi connectivity index (χ3n) is 3.54. The second kappa shape index (κ2) is 7.78. The number of nitrogens with zero attached hydrogens (tertiary/aromatic N) is 1. The second-order valence-electron chi connectivity index (χ2n) is 5.55. The van der Waals surface area contributed by atoms with E-state index in [9.17, 15) is 5.11 Å². The maximum atomic E-state index is 10.1. The van der Waals surface area contributed by atoms with Crippen molar-refractivity contribution in [3.8, 4) is 5.75 Å². The van der Waals surface area contributed by atoms with Crippen molar-refractivity contribution in [2.45, 2.75) is 25.9 Å². The van der Waals surface area contributed by atoms with Crippen molar-refractivity contribution >= 4 is 31.9 Å². The van der Waals surface area contributed by atoms with E-state index < -0.39 is 6.10 Å². The summed E-state index contributed by atoms with van der Waals surface area (Å²) in [6.07, 6.45) is 2.08. The number of benzene rings is 1. The Morgan fingerprint density at radius 3 is 2.95 bits per heavy atom. The van der Waals surface area contributed by atoms with Gasteiger partial charge in [0.05, 0.1) is 4.47 Å². The van der Waals surface area contributed by atoms with Gasteiger partial charge in [0, 0.05) is 17.6 Å². The minimum Gasteiger partial charge on any atom is -0.490 e. The topological polar surface area (TPSA) is 32.7 Å². The number of β-amino-alcohol motifs (C(OH)–C–C–N with tert-alkyl or cyclic N) is 1. The fourth-order valence-corrected chi connectivity index (χ4v) is 3.74. The van der Waals surface area contributed by atoms with Crippen LogP contribution in [0.3, 0.4) is 0 Å². The van der Waals surface area contributed by atoms with Crippen molar-refractivity contribution in [1.82, 2.24) is 4.90 Å². The number of aliphatic hydroxyl groups is 1. The summed E-state index contributed by atoms with van der Waals surface area (Å²) in [7, 11) is 0. The third-order valence-corrected chi connectivity index (χ3v) is 4.65. The fourth-order valence-electron chi connectivity index (χ4n) is 2.58. The number of hydrogen-bond donors (Lipinski definition) is 1. The Bertz CT molecular complexity index is 442.